The van der Waals surface area contributed by atoms with E-state index < -0.39 is 5.97 Å². The van der Waals surface area contributed by atoms with Crippen molar-refractivity contribution in [1.82, 2.24) is 10.3 Å². The van der Waals surface area contributed by atoms with Gasteiger partial charge in [0.1, 0.15) is 0 Å². The first-order valence-corrected chi connectivity index (χ1v) is 9.45. The lowest BCUT2D eigenvalue weighted by atomic mass is 9.86. The number of hydrogen-bond acceptors (Lipinski definition) is 5. The number of thiazole rings is 1. The van der Waals surface area contributed by atoms with Crippen LogP contribution in [0.3, 0.4) is 0 Å². The van der Waals surface area contributed by atoms with Gasteiger partial charge in [0.05, 0.1) is 11.6 Å². The van der Waals surface area contributed by atoms with E-state index in [9.17, 15) is 9.59 Å². The molecule has 1 aliphatic carbocycles. The minimum atomic E-state index is -0.728. The number of carbonyl (C=O) groups is 2. The van der Waals surface area contributed by atoms with Crippen molar-refractivity contribution in [2.75, 3.05) is 11.1 Å². The average molecular weight is 341 g/mol. The van der Waals surface area contributed by atoms with Gasteiger partial charge in [0.25, 0.3) is 0 Å². The summed E-state index contributed by atoms with van der Waals surface area (Å²) in [5.41, 5.74) is 1.11. The average Bonchev–Trinajstić information content (AvgIpc) is 2.89. The Kier molecular flexibility index (Phi) is 4.87. The van der Waals surface area contributed by atoms with Gasteiger partial charge >= 0.3 is 12.0 Å². The van der Waals surface area contributed by atoms with Crippen molar-refractivity contribution in [3.8, 4) is 0 Å². The summed E-state index contributed by atoms with van der Waals surface area (Å²) >= 11 is 3.44. The third kappa shape index (κ3) is 3.73. The van der Waals surface area contributed by atoms with Gasteiger partial charge in [-0.1, -0.05) is 0 Å². The molecule has 0 saturated heterocycles. The number of carboxylic acids is 1. The number of aliphatic carboxylic acids is 1. The second-order valence-corrected chi connectivity index (χ2v) is 7.87. The number of aromatic nitrogens is 1. The minimum absolute atomic E-state index is 0.0562. The maximum absolute atomic E-state index is 12.0. The Morgan fingerprint density at radius 1 is 1.23 bits per heavy atom. The van der Waals surface area contributed by atoms with Gasteiger partial charge in [-0.05, 0) is 37.9 Å². The van der Waals surface area contributed by atoms with Crippen LogP contribution in [0.15, 0.2) is 0 Å². The third-order valence-corrected chi connectivity index (χ3v) is 6.31. The van der Waals surface area contributed by atoms with Crippen LogP contribution in [-0.2, 0) is 17.0 Å². The lowest BCUT2D eigenvalue weighted by Crippen LogP contribution is -2.40. The Balaban J connectivity index is 1.48. The smallest absolute Gasteiger partial charge is 0.321 e. The van der Waals surface area contributed by atoms with E-state index in [1.807, 2.05) is 11.8 Å². The Morgan fingerprint density at radius 2 is 2.00 bits per heavy atom. The molecule has 8 heteroatoms. The summed E-state index contributed by atoms with van der Waals surface area (Å²) in [7, 11) is 0. The van der Waals surface area contributed by atoms with Crippen LogP contribution in [0, 0.1) is 5.92 Å². The van der Waals surface area contributed by atoms with Gasteiger partial charge in [-0.3, -0.25) is 10.1 Å². The molecule has 0 unspecified atom stereocenters. The number of carboxylic acid groups (broad SMARTS) is 1. The molecule has 0 spiro atoms. The highest BCUT2D eigenvalue weighted by Crippen LogP contribution is 2.31. The Hall–Kier alpha value is -1.28. The van der Waals surface area contributed by atoms with E-state index in [4.69, 9.17) is 5.11 Å². The molecular formula is C14H19N3O3S2. The monoisotopic (exact) mass is 341 g/mol. The number of urea groups is 1. The maximum atomic E-state index is 12.0. The molecule has 0 bridgehead atoms. The standard InChI is InChI=1S/C14H19N3O3S2/c18-12(19)8-1-3-9(4-2-8)15-13(20)17-14-16-10-5-6-21-7-11(10)22-14/h8-9H,1-7H2,(H,18,19)(H2,15,16,17,20). The van der Waals surface area contributed by atoms with E-state index in [1.54, 1.807) is 11.3 Å². The normalized spacial score (nSPS) is 24.4. The maximum Gasteiger partial charge on any atom is 0.321 e. The predicted molar refractivity (Wildman–Crippen MR) is 87.5 cm³/mol. The predicted octanol–water partition coefficient (Wildman–Crippen LogP) is 2.70. The molecule has 6 nitrogen and oxygen atoms in total. The molecular weight excluding hydrogens is 322 g/mol. The van der Waals surface area contributed by atoms with E-state index in [0.717, 1.165) is 36.5 Å². The molecule has 1 saturated carbocycles. The summed E-state index contributed by atoms with van der Waals surface area (Å²) in [5, 5.41) is 15.4. The summed E-state index contributed by atoms with van der Waals surface area (Å²) in [6, 6.07) is -0.182. The van der Waals surface area contributed by atoms with Crippen molar-refractivity contribution < 1.29 is 14.7 Å². The van der Waals surface area contributed by atoms with Crippen molar-refractivity contribution >= 4 is 40.2 Å². The Morgan fingerprint density at radius 3 is 2.68 bits per heavy atom. The highest BCUT2D eigenvalue weighted by atomic mass is 32.2. The molecule has 120 valence electrons. The van der Waals surface area contributed by atoms with Gasteiger partial charge in [-0.25, -0.2) is 9.78 Å². The summed E-state index contributed by atoms with van der Waals surface area (Å²) < 4.78 is 0. The number of amides is 2. The molecule has 0 radical (unpaired) electrons. The van der Waals surface area contributed by atoms with Crippen molar-refractivity contribution in [2.45, 2.75) is 43.9 Å². The van der Waals surface area contributed by atoms with E-state index in [0.29, 0.717) is 18.0 Å². The zero-order chi connectivity index (χ0) is 15.5. The zero-order valence-corrected chi connectivity index (χ0v) is 13.8. The molecule has 0 atom stereocenters. The molecule has 1 aromatic rings. The molecule has 2 aliphatic rings. The minimum Gasteiger partial charge on any atom is -0.481 e. The molecule has 1 fully saturated rings. The van der Waals surface area contributed by atoms with E-state index >= 15 is 0 Å². The molecule has 3 N–H and O–H groups in total. The number of rotatable bonds is 3. The van der Waals surface area contributed by atoms with Gasteiger partial charge < -0.3 is 10.4 Å². The molecule has 2 heterocycles. The fourth-order valence-corrected chi connectivity index (χ4v) is 5.00. The first kappa shape index (κ1) is 15.6. The van der Waals surface area contributed by atoms with Crippen LogP contribution in [-0.4, -0.2) is 33.9 Å². The summed E-state index contributed by atoms with van der Waals surface area (Å²) in [5.74, 6) is 1.09. The van der Waals surface area contributed by atoms with E-state index in [-0.39, 0.29) is 18.0 Å². The second-order valence-electron chi connectivity index (χ2n) is 5.68. The number of fused-ring (bicyclic) bond motifs is 1. The van der Waals surface area contributed by atoms with Crippen molar-refractivity contribution in [2.24, 2.45) is 5.92 Å². The van der Waals surface area contributed by atoms with Gasteiger partial charge in [0.2, 0.25) is 0 Å². The molecule has 0 aromatic carbocycles. The fraction of sp³-hybridized carbons (Fsp3) is 0.643. The molecule has 2 amide bonds. The highest BCUT2D eigenvalue weighted by molar-refractivity contribution is 7.98. The zero-order valence-electron chi connectivity index (χ0n) is 12.1. The number of hydrogen-bond donors (Lipinski definition) is 3. The fourth-order valence-electron chi connectivity index (χ4n) is 2.88. The van der Waals surface area contributed by atoms with Crippen LogP contribution in [0.1, 0.15) is 36.3 Å². The Labute approximate surface area is 137 Å². The van der Waals surface area contributed by atoms with Crippen molar-refractivity contribution in [3.05, 3.63) is 10.6 Å². The second kappa shape index (κ2) is 6.87. The van der Waals surface area contributed by atoms with Crippen molar-refractivity contribution in [3.63, 3.8) is 0 Å². The van der Waals surface area contributed by atoms with Crippen LogP contribution >= 0.6 is 23.1 Å². The quantitative estimate of drug-likeness (QED) is 0.786. The first-order chi connectivity index (χ1) is 10.6. The molecule has 1 aromatic heterocycles. The first-order valence-electron chi connectivity index (χ1n) is 7.48. The number of carbonyl (C=O) groups excluding carboxylic acids is 1. The van der Waals surface area contributed by atoms with Crippen LogP contribution in [0.4, 0.5) is 9.93 Å². The van der Waals surface area contributed by atoms with Crippen LogP contribution in [0.2, 0.25) is 0 Å². The summed E-state index contributed by atoms with van der Waals surface area (Å²) in [4.78, 5) is 28.7. The Bertz CT molecular complexity index is 544. The summed E-state index contributed by atoms with van der Waals surface area (Å²) in [6.45, 7) is 0. The highest BCUT2D eigenvalue weighted by Gasteiger charge is 2.27. The topological polar surface area (TPSA) is 91.3 Å². The molecule has 1 aliphatic heterocycles. The van der Waals surface area contributed by atoms with E-state index in [2.05, 4.69) is 15.6 Å². The van der Waals surface area contributed by atoms with Crippen LogP contribution < -0.4 is 10.6 Å². The van der Waals surface area contributed by atoms with Gasteiger partial charge in [0, 0.05) is 16.7 Å². The van der Waals surface area contributed by atoms with Crippen LogP contribution in [0.25, 0.3) is 0 Å². The summed E-state index contributed by atoms with van der Waals surface area (Å²) in [6.07, 6.45) is 3.66. The number of nitrogens with one attached hydrogen (secondary N) is 2. The molecule has 22 heavy (non-hydrogen) atoms. The van der Waals surface area contributed by atoms with Crippen molar-refractivity contribution in [1.29, 1.82) is 0 Å². The van der Waals surface area contributed by atoms with Crippen LogP contribution in [0.5, 0.6) is 0 Å². The number of anilines is 1. The van der Waals surface area contributed by atoms with Gasteiger partial charge in [0.15, 0.2) is 5.13 Å². The van der Waals surface area contributed by atoms with E-state index in [1.165, 1.54) is 4.88 Å². The number of aryl methyl sites for hydroxylation is 1. The third-order valence-electron chi connectivity index (χ3n) is 4.13. The number of nitrogens with zero attached hydrogens (tertiary/aromatic N) is 1. The van der Waals surface area contributed by atoms with Gasteiger partial charge in [-0.15, -0.1) is 11.3 Å². The van der Waals surface area contributed by atoms with Gasteiger partial charge in [-0.2, -0.15) is 11.8 Å². The lowest BCUT2D eigenvalue weighted by molar-refractivity contribution is -0.142. The SMILES string of the molecule is O=C(Nc1nc2c(s1)CSCC2)NC1CCC(C(=O)O)CC1. The lowest BCUT2D eigenvalue weighted by Gasteiger charge is -2.26. The largest absolute Gasteiger partial charge is 0.481 e. The number of thioether (sulfide) groups is 1. The molecule has 3 rings (SSSR count).